The Bertz CT molecular complexity index is 519. The lowest BCUT2D eigenvalue weighted by Crippen LogP contribution is -2.04. The Balaban J connectivity index is 2.13. The van der Waals surface area contributed by atoms with Crippen LogP contribution in [0.2, 0.25) is 0 Å². The van der Waals surface area contributed by atoms with E-state index >= 15 is 0 Å². The summed E-state index contributed by atoms with van der Waals surface area (Å²) in [5.74, 6) is 0.678. The number of anilines is 3. The number of hydrogen-bond acceptors (Lipinski definition) is 4. The highest BCUT2D eigenvalue weighted by atomic mass is 19.4. The number of nitrogens with one attached hydrogen (secondary N) is 1. The van der Waals surface area contributed by atoms with E-state index < -0.39 is 11.7 Å². The zero-order valence-corrected chi connectivity index (χ0v) is 9.07. The molecule has 0 atom stereocenters. The number of nitrogen functional groups attached to an aromatic ring is 1. The number of halogens is 3. The first-order chi connectivity index (χ1) is 8.45. The third kappa shape index (κ3) is 2.88. The molecule has 0 spiro atoms. The molecule has 7 heteroatoms. The number of rotatable bonds is 2. The van der Waals surface area contributed by atoms with E-state index in [1.807, 2.05) is 0 Å². The van der Waals surface area contributed by atoms with Crippen LogP contribution in [0.3, 0.4) is 0 Å². The molecule has 0 saturated heterocycles. The maximum atomic E-state index is 12.3. The molecule has 0 aliphatic heterocycles. The van der Waals surface area contributed by atoms with Gasteiger partial charge in [-0.1, -0.05) is 0 Å². The van der Waals surface area contributed by atoms with Gasteiger partial charge in [0.15, 0.2) is 0 Å². The summed E-state index contributed by atoms with van der Waals surface area (Å²) >= 11 is 0. The molecule has 3 N–H and O–H groups in total. The van der Waals surface area contributed by atoms with Crippen LogP contribution in [0.5, 0.6) is 0 Å². The van der Waals surface area contributed by atoms with Gasteiger partial charge >= 0.3 is 6.18 Å². The first-order valence-electron chi connectivity index (χ1n) is 4.97. The van der Waals surface area contributed by atoms with Gasteiger partial charge in [-0.25, -0.2) is 9.97 Å². The third-order valence-corrected chi connectivity index (χ3v) is 2.16. The third-order valence-electron chi connectivity index (χ3n) is 2.16. The number of alkyl halides is 3. The summed E-state index contributed by atoms with van der Waals surface area (Å²) in [6.07, 6.45) is -1.58. The van der Waals surface area contributed by atoms with Crippen molar-refractivity contribution < 1.29 is 13.2 Å². The van der Waals surface area contributed by atoms with Gasteiger partial charge in [-0.3, -0.25) is 0 Å². The van der Waals surface area contributed by atoms with Crippen LogP contribution < -0.4 is 11.1 Å². The van der Waals surface area contributed by atoms with Crippen LogP contribution in [-0.4, -0.2) is 9.97 Å². The monoisotopic (exact) mass is 254 g/mol. The second-order valence-electron chi connectivity index (χ2n) is 3.53. The van der Waals surface area contributed by atoms with Gasteiger partial charge in [0, 0.05) is 5.69 Å². The molecular weight excluding hydrogens is 245 g/mol. The topological polar surface area (TPSA) is 63.8 Å². The minimum Gasteiger partial charge on any atom is -0.382 e. The van der Waals surface area contributed by atoms with E-state index in [1.54, 1.807) is 0 Å². The van der Waals surface area contributed by atoms with Crippen molar-refractivity contribution in [3.05, 3.63) is 42.2 Å². The van der Waals surface area contributed by atoms with Crippen molar-refractivity contribution in [3.8, 4) is 0 Å². The molecule has 2 rings (SSSR count). The normalized spacial score (nSPS) is 11.3. The Labute approximate surface area is 101 Å². The maximum absolute atomic E-state index is 12.3. The average molecular weight is 254 g/mol. The van der Waals surface area contributed by atoms with Crippen molar-refractivity contribution in [1.82, 2.24) is 9.97 Å². The molecule has 0 aliphatic rings. The molecule has 0 amide bonds. The molecule has 18 heavy (non-hydrogen) atoms. The van der Waals surface area contributed by atoms with E-state index in [4.69, 9.17) is 5.73 Å². The molecule has 2 aromatic rings. The van der Waals surface area contributed by atoms with E-state index in [0.29, 0.717) is 11.5 Å². The molecule has 94 valence electrons. The van der Waals surface area contributed by atoms with E-state index in [1.165, 1.54) is 24.5 Å². The predicted octanol–water partition coefficient (Wildman–Crippen LogP) is 2.82. The van der Waals surface area contributed by atoms with Gasteiger partial charge in [0.2, 0.25) is 0 Å². The molecule has 0 bridgehead atoms. The van der Waals surface area contributed by atoms with E-state index in [-0.39, 0.29) is 5.82 Å². The largest absolute Gasteiger partial charge is 0.416 e. The molecular formula is C11H9F3N4. The fraction of sp³-hybridized carbons (Fsp3) is 0.0909. The quantitative estimate of drug-likeness (QED) is 0.864. The predicted molar refractivity (Wildman–Crippen MR) is 61.2 cm³/mol. The van der Waals surface area contributed by atoms with Gasteiger partial charge in [0.1, 0.15) is 11.6 Å². The Morgan fingerprint density at radius 3 is 2.17 bits per heavy atom. The van der Waals surface area contributed by atoms with Gasteiger partial charge in [-0.2, -0.15) is 13.2 Å². The van der Waals surface area contributed by atoms with Gasteiger partial charge < -0.3 is 11.1 Å². The first-order valence-corrected chi connectivity index (χ1v) is 4.97. The number of nitrogens with two attached hydrogens (primary N) is 1. The number of nitrogens with zero attached hydrogens (tertiary/aromatic N) is 2. The Kier molecular flexibility index (Phi) is 3.05. The van der Waals surface area contributed by atoms with E-state index in [9.17, 15) is 13.2 Å². The van der Waals surface area contributed by atoms with Crippen molar-refractivity contribution in [1.29, 1.82) is 0 Å². The van der Waals surface area contributed by atoms with Crippen molar-refractivity contribution in [2.24, 2.45) is 0 Å². The summed E-state index contributed by atoms with van der Waals surface area (Å²) < 4.78 is 37.0. The summed E-state index contributed by atoms with van der Waals surface area (Å²) in [7, 11) is 0. The van der Waals surface area contributed by atoms with Gasteiger partial charge in [-0.15, -0.1) is 0 Å². The SMILES string of the molecule is Nc1cnc(Nc2ccc(C(F)(F)F)cc2)cn1. The molecule has 1 aromatic heterocycles. The molecule has 0 aliphatic carbocycles. The highest BCUT2D eigenvalue weighted by Crippen LogP contribution is 2.30. The molecule has 0 saturated carbocycles. The lowest BCUT2D eigenvalue weighted by molar-refractivity contribution is -0.137. The lowest BCUT2D eigenvalue weighted by Gasteiger charge is -2.08. The van der Waals surface area contributed by atoms with E-state index in [0.717, 1.165) is 12.1 Å². The van der Waals surface area contributed by atoms with Crippen LogP contribution >= 0.6 is 0 Å². The fourth-order valence-electron chi connectivity index (χ4n) is 1.29. The summed E-state index contributed by atoms with van der Waals surface area (Å²) in [5.41, 5.74) is 5.15. The molecule has 0 fully saturated rings. The van der Waals surface area contributed by atoms with Crippen LogP contribution in [0.15, 0.2) is 36.7 Å². The molecule has 0 radical (unpaired) electrons. The molecule has 1 heterocycles. The lowest BCUT2D eigenvalue weighted by atomic mass is 10.2. The summed E-state index contributed by atoms with van der Waals surface area (Å²) in [5, 5.41) is 2.81. The highest BCUT2D eigenvalue weighted by molar-refractivity contribution is 5.56. The maximum Gasteiger partial charge on any atom is 0.416 e. The smallest absolute Gasteiger partial charge is 0.382 e. The van der Waals surface area contributed by atoms with Crippen molar-refractivity contribution in [2.45, 2.75) is 6.18 Å². The number of aromatic nitrogens is 2. The van der Waals surface area contributed by atoms with E-state index in [2.05, 4.69) is 15.3 Å². The summed E-state index contributed by atoms with van der Waals surface area (Å²) in [6, 6.07) is 4.63. The Morgan fingerprint density at radius 1 is 1.00 bits per heavy atom. The molecule has 1 aromatic carbocycles. The van der Waals surface area contributed by atoms with Crippen LogP contribution in [0.25, 0.3) is 0 Å². The molecule has 4 nitrogen and oxygen atoms in total. The second-order valence-corrected chi connectivity index (χ2v) is 3.53. The van der Waals surface area contributed by atoms with Gasteiger partial charge in [-0.05, 0) is 24.3 Å². The zero-order valence-electron chi connectivity index (χ0n) is 9.07. The first kappa shape index (κ1) is 12.2. The summed E-state index contributed by atoms with van der Waals surface area (Å²) in [6.45, 7) is 0. The fourth-order valence-corrected chi connectivity index (χ4v) is 1.29. The van der Waals surface area contributed by atoms with Crippen LogP contribution in [-0.2, 0) is 6.18 Å². The minimum atomic E-state index is -4.33. The standard InChI is InChI=1S/C11H9F3N4/c12-11(13,14)7-1-3-8(4-2-7)18-10-6-16-9(15)5-17-10/h1-6H,(H2,15,16)(H,17,18). The second kappa shape index (κ2) is 4.52. The van der Waals surface area contributed by atoms with Crippen LogP contribution in [0, 0.1) is 0 Å². The highest BCUT2D eigenvalue weighted by Gasteiger charge is 2.29. The van der Waals surface area contributed by atoms with Crippen LogP contribution in [0.1, 0.15) is 5.56 Å². The number of benzene rings is 1. The summed E-state index contributed by atoms with van der Waals surface area (Å²) in [4.78, 5) is 7.73. The zero-order chi connectivity index (χ0) is 13.2. The van der Waals surface area contributed by atoms with Gasteiger partial charge in [0.05, 0.1) is 18.0 Å². The average Bonchev–Trinajstić information content (AvgIpc) is 2.32. The minimum absolute atomic E-state index is 0.271. The molecule has 0 unspecified atom stereocenters. The Hall–Kier alpha value is -2.31. The number of hydrogen-bond donors (Lipinski definition) is 2. The van der Waals surface area contributed by atoms with Crippen molar-refractivity contribution >= 4 is 17.3 Å². The van der Waals surface area contributed by atoms with Crippen molar-refractivity contribution in [3.63, 3.8) is 0 Å². The van der Waals surface area contributed by atoms with Crippen LogP contribution in [0.4, 0.5) is 30.5 Å². The van der Waals surface area contributed by atoms with Gasteiger partial charge in [0.25, 0.3) is 0 Å². The Morgan fingerprint density at radius 2 is 1.67 bits per heavy atom. The van der Waals surface area contributed by atoms with Crippen molar-refractivity contribution in [2.75, 3.05) is 11.1 Å².